The molecule has 2 heterocycles. The number of nitrogen functional groups attached to an aromatic ring is 1. The standard InChI is InChI=1S/C23H19F4N5O/c1-2-31(18-6-3-12-7-13(23(25,26)27)4-5-14(12)18)22(33)15-8-19-17(9-16(15)24)30-21(28)20-10-29-11-32(19)20/h4-5,7-11,18H,2-3,6H2,1H3,(H2,28,30)/t18-/m1/s1. The van der Waals surface area contributed by atoms with Crippen LogP contribution >= 0.6 is 0 Å². The van der Waals surface area contributed by atoms with Gasteiger partial charge in [-0.25, -0.2) is 14.4 Å². The van der Waals surface area contributed by atoms with Gasteiger partial charge in [-0.3, -0.25) is 9.20 Å². The number of imidazole rings is 1. The Labute approximate surface area is 185 Å². The first-order valence-electron chi connectivity index (χ1n) is 10.4. The van der Waals surface area contributed by atoms with Gasteiger partial charge in [0.2, 0.25) is 0 Å². The van der Waals surface area contributed by atoms with Gasteiger partial charge >= 0.3 is 6.18 Å². The van der Waals surface area contributed by atoms with Crippen molar-refractivity contribution in [3.8, 4) is 0 Å². The zero-order valence-corrected chi connectivity index (χ0v) is 17.5. The predicted molar refractivity (Wildman–Crippen MR) is 114 cm³/mol. The molecule has 0 saturated heterocycles. The van der Waals surface area contributed by atoms with Gasteiger partial charge in [-0.2, -0.15) is 13.2 Å². The summed E-state index contributed by atoms with van der Waals surface area (Å²) in [5, 5.41) is 0. The normalized spacial score (nSPS) is 15.8. The smallest absolute Gasteiger partial charge is 0.382 e. The number of hydrogen-bond donors (Lipinski definition) is 1. The second kappa shape index (κ2) is 7.43. The lowest BCUT2D eigenvalue weighted by Crippen LogP contribution is -2.34. The monoisotopic (exact) mass is 457 g/mol. The molecule has 6 nitrogen and oxygen atoms in total. The number of anilines is 1. The Hall–Kier alpha value is -3.69. The first-order chi connectivity index (χ1) is 15.7. The summed E-state index contributed by atoms with van der Waals surface area (Å²) in [5.41, 5.74) is 7.54. The van der Waals surface area contributed by atoms with Gasteiger partial charge < -0.3 is 10.6 Å². The zero-order valence-electron chi connectivity index (χ0n) is 17.5. The van der Waals surface area contributed by atoms with Crippen LogP contribution in [-0.4, -0.2) is 31.7 Å². The molecule has 0 aliphatic heterocycles. The molecule has 2 aromatic carbocycles. The van der Waals surface area contributed by atoms with Crippen molar-refractivity contribution in [1.29, 1.82) is 0 Å². The van der Waals surface area contributed by atoms with Gasteiger partial charge in [-0.1, -0.05) is 6.07 Å². The lowest BCUT2D eigenvalue weighted by atomic mass is 10.0. The van der Waals surface area contributed by atoms with Gasteiger partial charge in [-0.05, 0) is 49.1 Å². The van der Waals surface area contributed by atoms with Gasteiger partial charge in [-0.15, -0.1) is 0 Å². The summed E-state index contributed by atoms with van der Waals surface area (Å²) < 4.78 is 55.9. The first kappa shape index (κ1) is 21.2. The molecule has 1 atom stereocenters. The molecule has 0 saturated carbocycles. The van der Waals surface area contributed by atoms with Gasteiger partial charge in [0.25, 0.3) is 5.91 Å². The number of carbonyl (C=O) groups is 1. The second-order valence-corrected chi connectivity index (χ2v) is 8.02. The van der Waals surface area contributed by atoms with Crippen molar-refractivity contribution < 1.29 is 22.4 Å². The highest BCUT2D eigenvalue weighted by Gasteiger charge is 2.36. The van der Waals surface area contributed by atoms with E-state index in [1.54, 1.807) is 11.3 Å². The van der Waals surface area contributed by atoms with Crippen molar-refractivity contribution in [2.45, 2.75) is 32.0 Å². The third-order valence-corrected chi connectivity index (χ3v) is 6.19. The number of fused-ring (bicyclic) bond motifs is 4. The molecule has 10 heteroatoms. The summed E-state index contributed by atoms with van der Waals surface area (Å²) >= 11 is 0. The predicted octanol–water partition coefficient (Wildman–Crippen LogP) is 4.77. The third kappa shape index (κ3) is 3.37. The quantitative estimate of drug-likeness (QED) is 0.450. The van der Waals surface area contributed by atoms with E-state index in [1.807, 2.05) is 0 Å². The van der Waals surface area contributed by atoms with Crippen molar-refractivity contribution in [1.82, 2.24) is 19.3 Å². The van der Waals surface area contributed by atoms with E-state index in [1.165, 1.54) is 29.6 Å². The van der Waals surface area contributed by atoms with Crippen molar-refractivity contribution in [2.75, 3.05) is 12.3 Å². The highest BCUT2D eigenvalue weighted by Crippen LogP contribution is 2.40. The molecule has 4 aromatic rings. The van der Waals surface area contributed by atoms with E-state index in [-0.39, 0.29) is 23.4 Å². The fourth-order valence-electron chi connectivity index (χ4n) is 4.62. The van der Waals surface area contributed by atoms with Crippen LogP contribution in [-0.2, 0) is 12.6 Å². The molecule has 1 amide bonds. The van der Waals surface area contributed by atoms with Crippen LogP contribution in [0.1, 0.15) is 46.4 Å². The Morgan fingerprint density at radius 1 is 1.24 bits per heavy atom. The first-order valence-corrected chi connectivity index (χ1v) is 10.4. The van der Waals surface area contributed by atoms with E-state index in [2.05, 4.69) is 9.97 Å². The molecule has 0 spiro atoms. The zero-order chi connectivity index (χ0) is 23.5. The van der Waals surface area contributed by atoms with Crippen molar-refractivity contribution in [3.63, 3.8) is 0 Å². The minimum Gasteiger partial charge on any atom is -0.382 e. The molecule has 5 rings (SSSR count). The number of hydrogen-bond acceptors (Lipinski definition) is 4. The highest BCUT2D eigenvalue weighted by atomic mass is 19.4. The summed E-state index contributed by atoms with van der Waals surface area (Å²) in [5.74, 6) is -1.10. The molecule has 1 aliphatic rings. The summed E-state index contributed by atoms with van der Waals surface area (Å²) in [6.45, 7) is 2.02. The average Bonchev–Trinajstić information content (AvgIpc) is 3.41. The molecule has 2 aromatic heterocycles. The van der Waals surface area contributed by atoms with E-state index < -0.39 is 29.5 Å². The summed E-state index contributed by atoms with van der Waals surface area (Å²) in [7, 11) is 0. The Balaban J connectivity index is 1.55. The number of nitrogens with zero attached hydrogens (tertiary/aromatic N) is 4. The number of benzene rings is 2. The number of aryl methyl sites for hydroxylation is 1. The van der Waals surface area contributed by atoms with E-state index in [9.17, 15) is 18.0 Å². The fraction of sp³-hybridized carbons (Fsp3) is 0.261. The second-order valence-electron chi connectivity index (χ2n) is 8.02. The number of halogens is 4. The molecule has 1 aliphatic carbocycles. The Morgan fingerprint density at radius 2 is 2.03 bits per heavy atom. The van der Waals surface area contributed by atoms with Crippen molar-refractivity contribution in [2.24, 2.45) is 0 Å². The lowest BCUT2D eigenvalue weighted by molar-refractivity contribution is -0.137. The number of aromatic nitrogens is 3. The van der Waals surface area contributed by atoms with Crippen LogP contribution in [0.2, 0.25) is 0 Å². The van der Waals surface area contributed by atoms with Gasteiger partial charge in [0.05, 0.1) is 40.7 Å². The van der Waals surface area contributed by atoms with E-state index in [0.29, 0.717) is 35.0 Å². The number of amides is 1. The van der Waals surface area contributed by atoms with Crippen LogP contribution in [0.4, 0.5) is 23.4 Å². The molecule has 0 bridgehead atoms. The van der Waals surface area contributed by atoms with Crippen LogP contribution in [0.15, 0.2) is 42.9 Å². The lowest BCUT2D eigenvalue weighted by Gasteiger charge is -2.29. The number of alkyl halides is 3. The molecule has 0 radical (unpaired) electrons. The maximum atomic E-state index is 15.0. The third-order valence-electron chi connectivity index (χ3n) is 6.19. The highest BCUT2D eigenvalue weighted by molar-refractivity contribution is 5.98. The minimum atomic E-state index is -4.43. The summed E-state index contributed by atoms with van der Waals surface area (Å²) in [6, 6.07) is 5.72. The molecular weight excluding hydrogens is 438 g/mol. The SMILES string of the molecule is CCN(C(=O)c1cc2c(cc1F)nc(N)c1cncn12)[C@@H]1CCc2cc(C(F)(F)F)ccc21. The summed E-state index contributed by atoms with van der Waals surface area (Å²) in [4.78, 5) is 23.2. The van der Waals surface area contributed by atoms with Crippen molar-refractivity contribution >= 4 is 28.3 Å². The van der Waals surface area contributed by atoms with Crippen LogP contribution in [0.5, 0.6) is 0 Å². The molecule has 170 valence electrons. The Kier molecular flexibility index (Phi) is 4.77. The van der Waals surface area contributed by atoms with E-state index in [0.717, 1.165) is 18.2 Å². The van der Waals surface area contributed by atoms with Crippen LogP contribution in [0, 0.1) is 5.82 Å². The Morgan fingerprint density at radius 3 is 2.76 bits per heavy atom. The number of carbonyl (C=O) groups excluding carboxylic acids is 1. The number of nitrogens with two attached hydrogens (primary N) is 1. The molecule has 0 unspecified atom stereocenters. The molecule has 0 fully saturated rings. The van der Waals surface area contributed by atoms with Gasteiger partial charge in [0.1, 0.15) is 17.2 Å². The number of rotatable bonds is 3. The molecule has 33 heavy (non-hydrogen) atoms. The van der Waals surface area contributed by atoms with E-state index >= 15 is 4.39 Å². The maximum Gasteiger partial charge on any atom is 0.416 e. The largest absolute Gasteiger partial charge is 0.416 e. The Bertz CT molecular complexity index is 1410. The van der Waals surface area contributed by atoms with Gasteiger partial charge in [0, 0.05) is 12.6 Å². The van der Waals surface area contributed by atoms with Crippen molar-refractivity contribution in [3.05, 3.63) is 70.9 Å². The van der Waals surface area contributed by atoms with Crippen LogP contribution in [0.3, 0.4) is 0 Å². The topological polar surface area (TPSA) is 76.5 Å². The average molecular weight is 457 g/mol. The summed E-state index contributed by atoms with van der Waals surface area (Å²) in [6.07, 6.45) is -0.528. The minimum absolute atomic E-state index is 0.147. The van der Waals surface area contributed by atoms with Crippen LogP contribution in [0.25, 0.3) is 16.6 Å². The van der Waals surface area contributed by atoms with Crippen LogP contribution < -0.4 is 5.73 Å². The fourth-order valence-corrected chi connectivity index (χ4v) is 4.62. The van der Waals surface area contributed by atoms with Gasteiger partial charge in [0.15, 0.2) is 0 Å². The molecule has 2 N–H and O–H groups in total. The molecular formula is C23H19F4N5O. The maximum absolute atomic E-state index is 15.0. The van der Waals surface area contributed by atoms with E-state index in [4.69, 9.17) is 5.73 Å².